The van der Waals surface area contributed by atoms with Crippen molar-refractivity contribution < 1.29 is 4.79 Å². The molecule has 0 aliphatic rings. The summed E-state index contributed by atoms with van der Waals surface area (Å²) in [5.41, 5.74) is 0. The van der Waals surface area contributed by atoms with Gasteiger partial charge in [-0.05, 0) is 19.9 Å². The average Bonchev–Trinajstić information content (AvgIpc) is 2.31. The molecule has 0 fully saturated rings. The molecular formula is C13H25N3O. The minimum absolute atomic E-state index is 0.114. The Bertz CT molecular complexity index is 270. The summed E-state index contributed by atoms with van der Waals surface area (Å²) in [6.45, 7) is 7.84. The maximum atomic E-state index is 11.7. The molecule has 4 nitrogen and oxygen atoms in total. The lowest BCUT2D eigenvalue weighted by molar-refractivity contribution is -0.130. The average molecular weight is 239 g/mol. The van der Waals surface area contributed by atoms with Gasteiger partial charge in [-0.25, -0.2) is 0 Å². The first-order valence-electron chi connectivity index (χ1n) is 6.21. The molecule has 98 valence electrons. The molecule has 0 bridgehead atoms. The van der Waals surface area contributed by atoms with E-state index in [2.05, 4.69) is 25.7 Å². The molecule has 0 aromatic heterocycles. The summed E-state index contributed by atoms with van der Waals surface area (Å²) in [6, 6.07) is 2.53. The topological polar surface area (TPSA) is 47.3 Å². The van der Waals surface area contributed by atoms with Gasteiger partial charge in [-0.15, -0.1) is 0 Å². The fourth-order valence-electron chi connectivity index (χ4n) is 1.52. The summed E-state index contributed by atoms with van der Waals surface area (Å²) in [5, 5.41) is 8.45. The second-order valence-electron chi connectivity index (χ2n) is 4.94. The minimum atomic E-state index is 0.114. The number of rotatable bonds is 7. The molecule has 4 heteroatoms. The zero-order valence-corrected chi connectivity index (χ0v) is 11.7. The van der Waals surface area contributed by atoms with E-state index in [-0.39, 0.29) is 5.91 Å². The largest absolute Gasteiger partial charge is 0.345 e. The first-order chi connectivity index (χ1) is 7.90. The van der Waals surface area contributed by atoms with Crippen LogP contribution in [0.4, 0.5) is 0 Å². The monoisotopic (exact) mass is 239 g/mol. The van der Waals surface area contributed by atoms with Gasteiger partial charge in [-0.2, -0.15) is 5.26 Å². The number of nitriles is 1. The third-order valence-electron chi connectivity index (χ3n) is 3.32. The van der Waals surface area contributed by atoms with Crippen molar-refractivity contribution in [1.82, 2.24) is 9.80 Å². The summed E-state index contributed by atoms with van der Waals surface area (Å²) < 4.78 is 0. The number of carbonyl (C=O) groups is 1. The van der Waals surface area contributed by atoms with E-state index in [1.807, 2.05) is 13.1 Å². The summed E-state index contributed by atoms with van der Waals surface area (Å²) in [4.78, 5) is 15.6. The Morgan fingerprint density at radius 2 is 1.82 bits per heavy atom. The van der Waals surface area contributed by atoms with Crippen molar-refractivity contribution in [3.05, 3.63) is 0 Å². The van der Waals surface area contributed by atoms with E-state index in [9.17, 15) is 4.79 Å². The Labute approximate surface area is 105 Å². The van der Waals surface area contributed by atoms with E-state index in [0.717, 1.165) is 6.54 Å². The quantitative estimate of drug-likeness (QED) is 0.679. The van der Waals surface area contributed by atoms with E-state index < -0.39 is 0 Å². The van der Waals surface area contributed by atoms with Crippen LogP contribution in [0.15, 0.2) is 0 Å². The van der Waals surface area contributed by atoms with Gasteiger partial charge in [0.1, 0.15) is 0 Å². The number of carbonyl (C=O) groups excluding carboxylic acids is 1. The lowest BCUT2D eigenvalue weighted by atomic mass is 10.1. The molecule has 0 spiro atoms. The maximum Gasteiger partial charge on any atom is 0.223 e. The van der Waals surface area contributed by atoms with Gasteiger partial charge in [0.25, 0.3) is 0 Å². The second kappa shape index (κ2) is 8.08. The third kappa shape index (κ3) is 6.28. The number of nitrogens with zero attached hydrogens (tertiary/aromatic N) is 3. The molecule has 0 heterocycles. The highest BCUT2D eigenvalue weighted by atomic mass is 16.2. The van der Waals surface area contributed by atoms with Crippen molar-refractivity contribution >= 4 is 5.91 Å². The van der Waals surface area contributed by atoms with Crippen LogP contribution in [0, 0.1) is 17.2 Å². The molecule has 0 radical (unpaired) electrons. The van der Waals surface area contributed by atoms with Gasteiger partial charge in [0.15, 0.2) is 0 Å². The highest BCUT2D eigenvalue weighted by molar-refractivity contribution is 5.76. The van der Waals surface area contributed by atoms with Gasteiger partial charge < -0.3 is 9.80 Å². The van der Waals surface area contributed by atoms with Crippen molar-refractivity contribution in [2.75, 3.05) is 27.2 Å². The van der Waals surface area contributed by atoms with Crippen molar-refractivity contribution in [2.24, 2.45) is 5.92 Å². The van der Waals surface area contributed by atoms with Crippen LogP contribution in [0.25, 0.3) is 0 Å². The van der Waals surface area contributed by atoms with Crippen molar-refractivity contribution in [2.45, 2.75) is 39.7 Å². The molecule has 0 saturated carbocycles. The lowest BCUT2D eigenvalue weighted by Gasteiger charge is -2.28. The van der Waals surface area contributed by atoms with Crippen LogP contribution in [-0.4, -0.2) is 48.9 Å². The van der Waals surface area contributed by atoms with Crippen molar-refractivity contribution in [3.8, 4) is 6.07 Å². The van der Waals surface area contributed by atoms with Gasteiger partial charge >= 0.3 is 0 Å². The molecule has 0 saturated heterocycles. The Balaban J connectivity index is 3.95. The number of hydrogen-bond acceptors (Lipinski definition) is 3. The molecule has 0 aromatic carbocycles. The fourth-order valence-corrected chi connectivity index (χ4v) is 1.52. The summed E-state index contributed by atoms with van der Waals surface area (Å²) in [6.07, 6.45) is 0.927. The number of amides is 1. The van der Waals surface area contributed by atoms with Crippen LogP contribution >= 0.6 is 0 Å². The summed E-state index contributed by atoms with van der Waals surface area (Å²) in [5.74, 6) is 0.703. The second-order valence-corrected chi connectivity index (χ2v) is 4.94. The van der Waals surface area contributed by atoms with Gasteiger partial charge in [0.05, 0.1) is 12.5 Å². The molecule has 1 atom stereocenters. The van der Waals surface area contributed by atoms with Gasteiger partial charge in [-0.3, -0.25) is 4.79 Å². The molecule has 17 heavy (non-hydrogen) atoms. The molecule has 1 unspecified atom stereocenters. The van der Waals surface area contributed by atoms with Gasteiger partial charge in [-0.1, -0.05) is 13.8 Å². The summed E-state index contributed by atoms with van der Waals surface area (Å²) >= 11 is 0. The van der Waals surface area contributed by atoms with Gasteiger partial charge in [0, 0.05) is 32.6 Å². The number of hydrogen-bond donors (Lipinski definition) is 0. The maximum absolute atomic E-state index is 11.7. The highest BCUT2D eigenvalue weighted by Gasteiger charge is 2.15. The molecular weight excluding hydrogens is 214 g/mol. The Morgan fingerprint density at radius 1 is 1.24 bits per heavy atom. The van der Waals surface area contributed by atoms with E-state index in [1.165, 1.54) is 0 Å². The lowest BCUT2D eigenvalue weighted by Crippen LogP contribution is -2.37. The van der Waals surface area contributed by atoms with Crippen LogP contribution < -0.4 is 0 Å². The summed E-state index contributed by atoms with van der Waals surface area (Å²) in [7, 11) is 3.80. The van der Waals surface area contributed by atoms with Crippen LogP contribution in [0.2, 0.25) is 0 Å². The predicted molar refractivity (Wildman–Crippen MR) is 69.4 cm³/mol. The normalized spacial score (nSPS) is 12.6. The predicted octanol–water partition coefficient (Wildman–Crippen LogP) is 1.72. The van der Waals surface area contributed by atoms with E-state index in [0.29, 0.717) is 31.3 Å². The standard InChI is InChI=1S/C13H25N3O/c1-11(2)12(3)15(4)10-7-13(17)16(5)9-6-8-14/h11-12H,6-7,9-10H2,1-5H3. The minimum Gasteiger partial charge on any atom is -0.345 e. The molecule has 0 N–H and O–H groups in total. The SMILES string of the molecule is CC(C)C(C)N(C)CCC(=O)N(C)CCC#N. The van der Waals surface area contributed by atoms with Crippen LogP contribution in [-0.2, 0) is 4.79 Å². The van der Waals surface area contributed by atoms with Crippen LogP contribution in [0.3, 0.4) is 0 Å². The Morgan fingerprint density at radius 3 is 2.29 bits per heavy atom. The first-order valence-corrected chi connectivity index (χ1v) is 6.21. The zero-order chi connectivity index (χ0) is 13.4. The van der Waals surface area contributed by atoms with Crippen molar-refractivity contribution in [1.29, 1.82) is 5.26 Å². The zero-order valence-electron chi connectivity index (χ0n) is 11.7. The smallest absolute Gasteiger partial charge is 0.223 e. The Kier molecular flexibility index (Phi) is 7.56. The molecule has 0 aliphatic heterocycles. The van der Waals surface area contributed by atoms with Gasteiger partial charge in [0.2, 0.25) is 5.91 Å². The molecule has 0 aromatic rings. The van der Waals surface area contributed by atoms with E-state index in [1.54, 1.807) is 11.9 Å². The van der Waals surface area contributed by atoms with Crippen molar-refractivity contribution in [3.63, 3.8) is 0 Å². The molecule has 0 rings (SSSR count). The Hall–Kier alpha value is -1.08. The fraction of sp³-hybridized carbons (Fsp3) is 0.846. The molecule has 0 aliphatic carbocycles. The van der Waals surface area contributed by atoms with E-state index in [4.69, 9.17) is 5.26 Å². The first kappa shape index (κ1) is 15.9. The van der Waals surface area contributed by atoms with Crippen LogP contribution in [0.5, 0.6) is 0 Å². The van der Waals surface area contributed by atoms with E-state index >= 15 is 0 Å². The third-order valence-corrected chi connectivity index (χ3v) is 3.32. The highest BCUT2D eigenvalue weighted by Crippen LogP contribution is 2.08. The van der Waals surface area contributed by atoms with Crippen LogP contribution in [0.1, 0.15) is 33.6 Å². The molecule has 1 amide bonds.